The molecule has 174 valence electrons. The molecule has 33 heavy (non-hydrogen) atoms. The van der Waals surface area contributed by atoms with Crippen molar-refractivity contribution in [1.82, 2.24) is 4.90 Å². The number of hydrogen-bond acceptors (Lipinski definition) is 3. The summed E-state index contributed by atoms with van der Waals surface area (Å²) in [5.41, 5.74) is 2.61. The topological polar surface area (TPSA) is 15.7 Å². The maximum Gasteiger partial charge on any atom is 0.159 e. The molecule has 2 atom stereocenters. The molecule has 1 aliphatic rings. The van der Waals surface area contributed by atoms with Crippen molar-refractivity contribution in [1.29, 1.82) is 0 Å². The van der Waals surface area contributed by atoms with Crippen LogP contribution in [0.25, 0.3) is 0 Å². The average molecular weight is 512 g/mol. The first-order valence-electron chi connectivity index (χ1n) is 10.5. The summed E-state index contributed by atoms with van der Waals surface area (Å²) in [7, 11) is 1.66. The molecule has 0 bridgehead atoms. The summed E-state index contributed by atoms with van der Waals surface area (Å²) in [6.07, 6.45) is 0. The van der Waals surface area contributed by atoms with E-state index < -0.39 is 11.6 Å². The average Bonchev–Trinajstić information content (AvgIpc) is 2.78. The molecule has 3 aromatic carbocycles. The van der Waals surface area contributed by atoms with Gasteiger partial charge in [0, 0.05) is 36.8 Å². The number of piperazine rings is 1. The van der Waals surface area contributed by atoms with Crippen LogP contribution in [0.5, 0.6) is 0 Å². The second-order valence-corrected chi connectivity index (χ2v) is 9.31. The molecule has 1 aliphatic heterocycles. The molecule has 0 amide bonds. The molecule has 8 heteroatoms. The molecular weight excluding hydrogens is 489 g/mol. The number of benzene rings is 3. The summed E-state index contributed by atoms with van der Waals surface area (Å²) in [5.74, 6) is -1.70. The van der Waals surface area contributed by atoms with Gasteiger partial charge < -0.3 is 9.64 Å². The van der Waals surface area contributed by atoms with E-state index in [0.29, 0.717) is 46.9 Å². The lowest BCUT2D eigenvalue weighted by Gasteiger charge is -2.49. The first kappa shape index (κ1) is 24.2. The maximum absolute atomic E-state index is 13.9. The van der Waals surface area contributed by atoms with Crippen LogP contribution < -0.4 is 4.90 Å². The Morgan fingerprint density at radius 2 is 1.61 bits per heavy atom. The first-order valence-corrected chi connectivity index (χ1v) is 11.6. The van der Waals surface area contributed by atoms with Crippen molar-refractivity contribution in [3.63, 3.8) is 0 Å². The zero-order valence-electron chi connectivity index (χ0n) is 17.9. The van der Waals surface area contributed by atoms with Crippen LogP contribution >= 0.6 is 34.8 Å². The van der Waals surface area contributed by atoms with Gasteiger partial charge in [-0.3, -0.25) is 4.90 Å². The summed E-state index contributed by atoms with van der Waals surface area (Å²) < 4.78 is 32.9. The largest absolute Gasteiger partial charge is 0.383 e. The molecule has 4 rings (SSSR count). The first-order chi connectivity index (χ1) is 15.9. The van der Waals surface area contributed by atoms with E-state index in [-0.39, 0.29) is 12.1 Å². The van der Waals surface area contributed by atoms with E-state index >= 15 is 0 Å². The van der Waals surface area contributed by atoms with Gasteiger partial charge in [0.15, 0.2) is 11.6 Å². The second kappa shape index (κ2) is 10.6. The van der Waals surface area contributed by atoms with Crippen molar-refractivity contribution < 1.29 is 13.5 Å². The van der Waals surface area contributed by atoms with Crippen LogP contribution in [-0.2, 0) is 11.3 Å². The van der Waals surface area contributed by atoms with Crippen LogP contribution in [0.3, 0.4) is 0 Å². The van der Waals surface area contributed by atoms with Gasteiger partial charge in [0.05, 0.1) is 29.4 Å². The van der Waals surface area contributed by atoms with Gasteiger partial charge in [-0.25, -0.2) is 8.78 Å². The predicted molar refractivity (Wildman–Crippen MR) is 130 cm³/mol. The van der Waals surface area contributed by atoms with Crippen LogP contribution in [-0.4, -0.2) is 37.7 Å². The van der Waals surface area contributed by atoms with Gasteiger partial charge in [-0.2, -0.15) is 0 Å². The molecular formula is C25H23Cl3F2N2O. The molecule has 0 N–H and O–H groups in total. The number of ether oxygens (including phenoxy) is 1. The lowest BCUT2D eigenvalue weighted by atomic mass is 9.93. The van der Waals surface area contributed by atoms with Crippen LogP contribution in [0, 0.1) is 11.6 Å². The molecule has 0 aromatic heterocycles. The molecule has 1 saturated heterocycles. The van der Waals surface area contributed by atoms with Gasteiger partial charge in [0.25, 0.3) is 0 Å². The summed E-state index contributed by atoms with van der Waals surface area (Å²) in [6.45, 7) is 2.23. The molecule has 3 nitrogen and oxygen atoms in total. The minimum Gasteiger partial charge on any atom is -0.383 e. The molecule has 0 unspecified atom stereocenters. The van der Waals surface area contributed by atoms with E-state index in [2.05, 4.69) is 9.80 Å². The minimum absolute atomic E-state index is 0.0928. The molecule has 0 saturated carbocycles. The van der Waals surface area contributed by atoms with E-state index in [9.17, 15) is 8.78 Å². The van der Waals surface area contributed by atoms with Crippen molar-refractivity contribution >= 4 is 40.5 Å². The lowest BCUT2D eigenvalue weighted by molar-refractivity contribution is 0.0526. The van der Waals surface area contributed by atoms with Gasteiger partial charge in [0.2, 0.25) is 0 Å². The highest BCUT2D eigenvalue weighted by Crippen LogP contribution is 2.40. The van der Waals surface area contributed by atoms with E-state index in [1.54, 1.807) is 19.2 Å². The van der Waals surface area contributed by atoms with Gasteiger partial charge in [-0.05, 0) is 53.6 Å². The quantitative estimate of drug-likeness (QED) is 0.354. The summed E-state index contributed by atoms with van der Waals surface area (Å²) in [5, 5.41) is 1.77. The highest BCUT2D eigenvalue weighted by Gasteiger charge is 2.38. The van der Waals surface area contributed by atoms with Crippen LogP contribution in [0.15, 0.2) is 60.7 Å². The maximum atomic E-state index is 13.9. The molecule has 0 aliphatic carbocycles. The van der Waals surface area contributed by atoms with Gasteiger partial charge in [0.1, 0.15) is 0 Å². The van der Waals surface area contributed by atoms with E-state index in [1.165, 1.54) is 6.07 Å². The summed E-state index contributed by atoms with van der Waals surface area (Å²) in [6, 6.07) is 17.0. The summed E-state index contributed by atoms with van der Waals surface area (Å²) in [4.78, 5) is 4.48. The normalized spacial score (nSPS) is 19.2. The number of halogens is 5. The lowest BCUT2D eigenvalue weighted by Crippen LogP contribution is -2.56. The molecule has 1 heterocycles. The molecule has 0 radical (unpaired) electrons. The Morgan fingerprint density at radius 3 is 2.27 bits per heavy atom. The summed E-state index contributed by atoms with van der Waals surface area (Å²) >= 11 is 18.9. The molecule has 3 aromatic rings. The number of hydrogen-bond donors (Lipinski definition) is 0. The number of anilines is 1. The molecule has 0 spiro atoms. The van der Waals surface area contributed by atoms with E-state index in [1.807, 2.05) is 36.4 Å². The fraction of sp³-hybridized carbons (Fsp3) is 0.280. The number of rotatable bonds is 6. The predicted octanol–water partition coefficient (Wildman–Crippen LogP) is 7.00. The SMILES string of the molecule is COC[C@@H]1[C@H](c2ccc(Cl)cc2)N(c2ccc(Cl)cc2Cl)CCN1Cc1ccc(F)c(F)c1. The smallest absolute Gasteiger partial charge is 0.159 e. The standard InChI is InChI=1S/C25H23Cl3F2N2O/c1-33-15-24-25(17-3-5-18(26)6-4-17)32(23-9-7-19(27)13-20(23)28)11-10-31(24)14-16-2-8-21(29)22(30)12-16/h2-9,12-13,24-25H,10-11,14-15H2,1H3/t24-,25+/m1/s1. The van der Waals surface area contributed by atoms with Crippen LogP contribution in [0.2, 0.25) is 15.1 Å². The fourth-order valence-electron chi connectivity index (χ4n) is 4.43. The van der Waals surface area contributed by atoms with Crippen LogP contribution in [0.1, 0.15) is 17.2 Å². The molecule has 1 fully saturated rings. The zero-order chi connectivity index (χ0) is 23.5. The highest BCUT2D eigenvalue weighted by atomic mass is 35.5. The van der Waals surface area contributed by atoms with Crippen molar-refractivity contribution in [2.75, 3.05) is 31.7 Å². The monoisotopic (exact) mass is 510 g/mol. The van der Waals surface area contributed by atoms with Gasteiger partial charge >= 0.3 is 0 Å². The second-order valence-electron chi connectivity index (χ2n) is 8.03. The third-order valence-corrected chi connectivity index (χ3v) is 6.72. The van der Waals surface area contributed by atoms with E-state index in [4.69, 9.17) is 39.5 Å². The Bertz CT molecular complexity index is 1110. The fourth-order valence-corrected chi connectivity index (χ4v) is 5.07. The van der Waals surface area contributed by atoms with Gasteiger partial charge in [-0.1, -0.05) is 53.0 Å². The van der Waals surface area contributed by atoms with Gasteiger partial charge in [-0.15, -0.1) is 0 Å². The van der Waals surface area contributed by atoms with Crippen molar-refractivity contribution in [2.45, 2.75) is 18.6 Å². The number of methoxy groups -OCH3 is 1. The Hall–Kier alpha value is -1.89. The Balaban J connectivity index is 1.74. The highest BCUT2D eigenvalue weighted by molar-refractivity contribution is 6.36. The van der Waals surface area contributed by atoms with Crippen LogP contribution in [0.4, 0.5) is 14.5 Å². The third kappa shape index (κ3) is 5.44. The Labute approximate surface area is 207 Å². The zero-order valence-corrected chi connectivity index (χ0v) is 20.2. The Kier molecular flexibility index (Phi) is 7.77. The van der Waals surface area contributed by atoms with Crippen molar-refractivity contribution in [3.05, 3.63) is 98.5 Å². The number of nitrogens with zero attached hydrogens (tertiary/aromatic N) is 2. The van der Waals surface area contributed by atoms with E-state index in [0.717, 1.165) is 17.3 Å². The Morgan fingerprint density at radius 1 is 0.879 bits per heavy atom. The van der Waals surface area contributed by atoms with Crippen molar-refractivity contribution in [2.24, 2.45) is 0 Å². The minimum atomic E-state index is -0.853. The van der Waals surface area contributed by atoms with Crippen molar-refractivity contribution in [3.8, 4) is 0 Å². The third-order valence-electron chi connectivity index (χ3n) is 5.94.